The molecule has 0 fully saturated rings. The molecule has 0 aromatic heterocycles. The average Bonchev–Trinajstić information content (AvgIpc) is 2.40. The molecule has 2 aromatic carbocycles. The van der Waals surface area contributed by atoms with Crippen molar-refractivity contribution >= 4 is 8.07 Å². The first kappa shape index (κ1) is 14.1. The summed E-state index contributed by atoms with van der Waals surface area (Å²) in [5, 5.41) is 0. The van der Waals surface area contributed by atoms with Crippen LogP contribution in [-0.4, -0.2) is 8.07 Å². The van der Waals surface area contributed by atoms with E-state index in [2.05, 4.69) is 73.8 Å². The Bertz CT molecular complexity index is 474. The van der Waals surface area contributed by atoms with Crippen molar-refractivity contribution in [3.8, 4) is 0 Å². The lowest BCUT2D eigenvalue weighted by Crippen LogP contribution is -2.29. The van der Waals surface area contributed by atoms with E-state index in [9.17, 15) is 0 Å². The van der Waals surface area contributed by atoms with Gasteiger partial charge in [0.2, 0.25) is 0 Å². The monoisotopic (exact) mass is 268 g/mol. The van der Waals surface area contributed by atoms with Gasteiger partial charge in [-0.2, -0.15) is 0 Å². The van der Waals surface area contributed by atoms with Crippen molar-refractivity contribution in [3.63, 3.8) is 0 Å². The highest BCUT2D eigenvalue weighted by atomic mass is 28.3. The quantitative estimate of drug-likeness (QED) is 0.639. The fourth-order valence-electron chi connectivity index (χ4n) is 2.65. The maximum absolute atomic E-state index is 2.52. The van der Waals surface area contributed by atoms with Gasteiger partial charge in [0.15, 0.2) is 0 Å². The Hall–Kier alpha value is -1.34. The van der Waals surface area contributed by atoms with E-state index in [1.807, 2.05) is 0 Å². The molecule has 0 saturated carbocycles. The van der Waals surface area contributed by atoms with Gasteiger partial charge in [0, 0.05) is 0 Å². The van der Waals surface area contributed by atoms with Crippen LogP contribution in [0.4, 0.5) is 0 Å². The SMILES string of the molecule is C[Si](C)(CCCc1ccccc1)Cc1ccccc1. The first-order valence-electron chi connectivity index (χ1n) is 7.24. The van der Waals surface area contributed by atoms with Gasteiger partial charge < -0.3 is 0 Å². The van der Waals surface area contributed by atoms with Gasteiger partial charge in [0.05, 0.1) is 8.07 Å². The fraction of sp³-hybridized carbons (Fsp3) is 0.333. The van der Waals surface area contributed by atoms with Gasteiger partial charge in [-0.05, 0) is 18.0 Å². The summed E-state index contributed by atoms with van der Waals surface area (Å²) in [6.07, 6.45) is 2.56. The summed E-state index contributed by atoms with van der Waals surface area (Å²) in [4.78, 5) is 0. The second-order valence-electron chi connectivity index (χ2n) is 6.17. The Morgan fingerprint density at radius 3 is 1.84 bits per heavy atom. The minimum atomic E-state index is -1.10. The second kappa shape index (κ2) is 6.72. The summed E-state index contributed by atoms with van der Waals surface area (Å²) in [5.41, 5.74) is 2.99. The molecular formula is C18H24Si. The van der Waals surface area contributed by atoms with Crippen LogP contribution in [0.3, 0.4) is 0 Å². The molecule has 0 radical (unpaired) electrons. The number of hydrogen-bond donors (Lipinski definition) is 0. The third-order valence-corrected chi connectivity index (χ3v) is 6.76. The molecule has 0 saturated heterocycles. The largest absolute Gasteiger partial charge is 0.0691 e. The van der Waals surface area contributed by atoms with Gasteiger partial charge >= 0.3 is 0 Å². The van der Waals surface area contributed by atoms with Crippen molar-refractivity contribution in [2.75, 3.05) is 0 Å². The van der Waals surface area contributed by atoms with Crippen LogP contribution in [0.1, 0.15) is 17.5 Å². The summed E-state index contributed by atoms with van der Waals surface area (Å²) in [5.74, 6) is 0. The smallest absolute Gasteiger partial charge is 0.0517 e. The van der Waals surface area contributed by atoms with Crippen LogP contribution in [0.5, 0.6) is 0 Å². The topological polar surface area (TPSA) is 0 Å². The van der Waals surface area contributed by atoms with Crippen LogP contribution in [0.25, 0.3) is 0 Å². The maximum Gasteiger partial charge on any atom is 0.0517 e. The maximum atomic E-state index is 2.52. The molecule has 0 bridgehead atoms. The third kappa shape index (κ3) is 5.04. The molecule has 0 aliphatic rings. The molecule has 2 rings (SSSR count). The fourth-order valence-corrected chi connectivity index (χ4v) is 5.30. The van der Waals surface area contributed by atoms with E-state index in [1.165, 1.54) is 36.1 Å². The molecule has 0 N–H and O–H groups in total. The predicted molar refractivity (Wildman–Crippen MR) is 87.2 cm³/mol. The van der Waals surface area contributed by atoms with Crippen molar-refractivity contribution in [2.45, 2.75) is 38.0 Å². The zero-order valence-electron chi connectivity index (χ0n) is 12.1. The van der Waals surface area contributed by atoms with E-state index in [4.69, 9.17) is 0 Å². The third-order valence-electron chi connectivity index (χ3n) is 3.69. The highest BCUT2D eigenvalue weighted by Gasteiger charge is 2.20. The first-order chi connectivity index (χ1) is 9.16. The molecular weight excluding hydrogens is 244 g/mol. The molecule has 0 aliphatic heterocycles. The zero-order valence-corrected chi connectivity index (χ0v) is 13.1. The lowest BCUT2D eigenvalue weighted by molar-refractivity contribution is 0.895. The molecule has 0 atom stereocenters. The molecule has 0 aliphatic carbocycles. The number of aryl methyl sites for hydroxylation is 1. The van der Waals surface area contributed by atoms with Crippen molar-refractivity contribution in [3.05, 3.63) is 71.8 Å². The summed E-state index contributed by atoms with van der Waals surface area (Å²) in [6, 6.07) is 24.5. The Kier molecular flexibility index (Phi) is 4.98. The Labute approximate surface area is 118 Å². The summed E-state index contributed by atoms with van der Waals surface area (Å²) in [6.45, 7) is 5.04. The van der Waals surface area contributed by atoms with Crippen molar-refractivity contribution < 1.29 is 0 Å². The minimum Gasteiger partial charge on any atom is -0.0691 e. The Balaban J connectivity index is 1.81. The molecule has 1 heteroatoms. The van der Waals surface area contributed by atoms with Crippen LogP contribution < -0.4 is 0 Å². The normalized spacial score (nSPS) is 11.5. The van der Waals surface area contributed by atoms with Gasteiger partial charge in [0.1, 0.15) is 0 Å². The van der Waals surface area contributed by atoms with E-state index in [0.29, 0.717) is 0 Å². The number of rotatable bonds is 6. The van der Waals surface area contributed by atoms with Crippen molar-refractivity contribution in [1.29, 1.82) is 0 Å². The van der Waals surface area contributed by atoms with Gasteiger partial charge in [-0.25, -0.2) is 0 Å². The highest BCUT2D eigenvalue weighted by Crippen LogP contribution is 2.19. The summed E-state index contributed by atoms with van der Waals surface area (Å²) >= 11 is 0. The predicted octanol–water partition coefficient (Wildman–Crippen LogP) is 5.11. The van der Waals surface area contributed by atoms with E-state index < -0.39 is 8.07 Å². The Morgan fingerprint density at radius 1 is 0.737 bits per heavy atom. The van der Waals surface area contributed by atoms with E-state index in [-0.39, 0.29) is 0 Å². The molecule has 0 amide bonds. The van der Waals surface area contributed by atoms with Crippen LogP contribution in [0.2, 0.25) is 19.1 Å². The minimum absolute atomic E-state index is 1.10. The van der Waals surface area contributed by atoms with Crippen LogP contribution in [-0.2, 0) is 12.5 Å². The lowest BCUT2D eigenvalue weighted by Gasteiger charge is -2.22. The van der Waals surface area contributed by atoms with Crippen LogP contribution in [0.15, 0.2) is 60.7 Å². The van der Waals surface area contributed by atoms with Gasteiger partial charge in [-0.1, -0.05) is 91.8 Å². The number of benzene rings is 2. The standard InChI is InChI=1S/C18H24Si/c1-19(2,16-18-12-7-4-8-13-18)15-9-14-17-10-5-3-6-11-17/h3-8,10-13H,9,14-16H2,1-2H3. The van der Waals surface area contributed by atoms with Crippen molar-refractivity contribution in [1.82, 2.24) is 0 Å². The van der Waals surface area contributed by atoms with E-state index in [1.54, 1.807) is 0 Å². The van der Waals surface area contributed by atoms with Crippen molar-refractivity contribution in [2.24, 2.45) is 0 Å². The molecule has 0 nitrogen and oxygen atoms in total. The molecule has 0 spiro atoms. The summed E-state index contributed by atoms with van der Waals surface area (Å²) in [7, 11) is -1.10. The van der Waals surface area contributed by atoms with Gasteiger partial charge in [0.25, 0.3) is 0 Å². The molecule has 100 valence electrons. The average molecular weight is 268 g/mol. The second-order valence-corrected chi connectivity index (χ2v) is 11.3. The number of hydrogen-bond acceptors (Lipinski definition) is 0. The zero-order chi connectivity index (χ0) is 13.6. The molecule has 19 heavy (non-hydrogen) atoms. The lowest BCUT2D eigenvalue weighted by atomic mass is 10.1. The molecule has 0 heterocycles. The van der Waals surface area contributed by atoms with Crippen LogP contribution >= 0.6 is 0 Å². The molecule has 0 unspecified atom stereocenters. The molecule has 2 aromatic rings. The van der Waals surface area contributed by atoms with E-state index >= 15 is 0 Å². The van der Waals surface area contributed by atoms with E-state index in [0.717, 1.165) is 0 Å². The highest BCUT2D eigenvalue weighted by molar-refractivity contribution is 6.76. The summed E-state index contributed by atoms with van der Waals surface area (Å²) < 4.78 is 0. The first-order valence-corrected chi connectivity index (χ1v) is 10.6. The van der Waals surface area contributed by atoms with Crippen LogP contribution in [0, 0.1) is 0 Å². The Morgan fingerprint density at radius 2 is 1.26 bits per heavy atom. The van der Waals surface area contributed by atoms with Gasteiger partial charge in [-0.3, -0.25) is 0 Å². The van der Waals surface area contributed by atoms with Gasteiger partial charge in [-0.15, -0.1) is 0 Å².